The highest BCUT2D eigenvalue weighted by atomic mass is 28.4. The van der Waals surface area contributed by atoms with Crippen molar-refractivity contribution in [2.24, 2.45) is 0 Å². The van der Waals surface area contributed by atoms with Crippen LogP contribution >= 0.6 is 0 Å². The van der Waals surface area contributed by atoms with E-state index in [0.29, 0.717) is 23.2 Å². The fraction of sp³-hybridized carbons (Fsp3) is 0.957. The van der Waals surface area contributed by atoms with E-state index in [1.165, 1.54) is 12.5 Å². The number of hydrogen-bond acceptors (Lipinski definition) is 4. The predicted octanol–water partition coefficient (Wildman–Crippen LogP) is 7.25. The second-order valence-corrected chi connectivity index (χ2v) is 26.1. The lowest BCUT2D eigenvalue weighted by Crippen LogP contribution is -2.54. The summed E-state index contributed by atoms with van der Waals surface area (Å²) < 4.78 is 15.0. The third-order valence-corrected chi connectivity index (χ3v) is 17.2. The van der Waals surface area contributed by atoms with Gasteiger partial charge < -0.3 is 13.4 Å². The maximum absolute atomic E-state index is 13.1. The minimum atomic E-state index is -2.16. The molecule has 0 N–H and O–H groups in total. The summed E-state index contributed by atoms with van der Waals surface area (Å²) in [5, 5.41) is 0. The molecule has 0 heterocycles. The van der Waals surface area contributed by atoms with E-state index >= 15 is 0 Å². The monoisotopic (exact) mass is 475 g/mol. The zero-order chi connectivity index (χ0) is 23.8. The fourth-order valence-electron chi connectivity index (χ4n) is 4.69. The van der Waals surface area contributed by atoms with Gasteiger partial charge in [-0.1, -0.05) is 74.5 Å². The quantitative estimate of drug-likeness (QED) is 0.185. The Kier molecular flexibility index (Phi) is 12.9. The number of hydrogen-bond donors (Lipinski definition) is 0. The van der Waals surface area contributed by atoms with Crippen LogP contribution in [0.25, 0.3) is 0 Å². The maximum Gasteiger partial charge on any atom is 0.306 e. The third kappa shape index (κ3) is 9.67. The summed E-state index contributed by atoms with van der Waals surface area (Å²) in [6, 6.07) is 1.20. The zero-order valence-corrected chi connectivity index (χ0v) is 25.4. The Morgan fingerprint density at radius 3 is 1.77 bits per heavy atom. The van der Waals surface area contributed by atoms with Crippen LogP contribution in [0.4, 0.5) is 0 Å². The van der Waals surface area contributed by atoms with E-state index < -0.39 is 24.9 Å². The first-order chi connectivity index (χ1) is 13.6. The molecule has 30 heavy (non-hydrogen) atoms. The van der Waals surface area contributed by atoms with E-state index in [2.05, 4.69) is 85.8 Å². The van der Waals surface area contributed by atoms with E-state index in [4.69, 9.17) is 8.85 Å². The van der Waals surface area contributed by atoms with E-state index in [1.54, 1.807) is 0 Å². The lowest BCUT2D eigenvalue weighted by Gasteiger charge is -2.42. The van der Waals surface area contributed by atoms with Gasteiger partial charge in [-0.05, 0) is 55.1 Å². The third-order valence-electron chi connectivity index (χ3n) is 6.42. The van der Waals surface area contributed by atoms with Crippen molar-refractivity contribution in [3.63, 3.8) is 0 Å². The highest BCUT2D eigenvalue weighted by Gasteiger charge is 2.48. The number of unbranched alkanes of at least 4 members (excludes halogenated alkanes) is 1. The van der Waals surface area contributed by atoms with Crippen LogP contribution in [0.1, 0.15) is 67.7 Å². The number of carbonyl (C=O) groups is 1. The van der Waals surface area contributed by atoms with Gasteiger partial charge in [0.05, 0.1) is 6.54 Å². The van der Waals surface area contributed by atoms with Crippen molar-refractivity contribution in [2.45, 2.75) is 123 Å². The molecule has 0 aromatic heterocycles. The molecule has 0 radical (unpaired) electrons. The highest BCUT2D eigenvalue weighted by Crippen LogP contribution is 2.42. The average Bonchev–Trinajstić information content (AvgIpc) is 2.58. The van der Waals surface area contributed by atoms with Crippen LogP contribution in [0.5, 0.6) is 0 Å². The molecule has 0 aliphatic heterocycles. The molecule has 0 saturated carbocycles. The standard InChI is InChI=1S/C23H53NO3Si3/c1-13-17-26-29(11,12)18-15-14-16-24(28(8,9)10)19-23(25)27-30(20(2)3,21(4)5)22(6)7/h20-22H,13-19H2,1-12H3. The first-order valence-electron chi connectivity index (χ1n) is 12.2. The Morgan fingerprint density at radius 2 is 1.37 bits per heavy atom. The Hall–Kier alpha value is 0.0406. The predicted molar refractivity (Wildman–Crippen MR) is 140 cm³/mol. The molecule has 0 amide bonds. The van der Waals surface area contributed by atoms with Crippen LogP contribution in [0.2, 0.25) is 55.4 Å². The van der Waals surface area contributed by atoms with Crippen LogP contribution in [-0.4, -0.2) is 55.1 Å². The van der Waals surface area contributed by atoms with Gasteiger partial charge in [0.2, 0.25) is 0 Å². The van der Waals surface area contributed by atoms with Gasteiger partial charge in [-0.2, -0.15) is 0 Å². The van der Waals surface area contributed by atoms with E-state index in [1.807, 2.05) is 0 Å². The van der Waals surface area contributed by atoms with Crippen molar-refractivity contribution < 1.29 is 13.6 Å². The second kappa shape index (κ2) is 12.9. The second-order valence-electron chi connectivity index (χ2n) is 11.4. The van der Waals surface area contributed by atoms with Gasteiger partial charge in [0.25, 0.3) is 8.32 Å². The number of nitrogens with zero attached hydrogens (tertiary/aromatic N) is 1. The summed E-state index contributed by atoms with van der Waals surface area (Å²) in [5.41, 5.74) is 1.28. The summed E-state index contributed by atoms with van der Waals surface area (Å²) in [6.07, 6.45) is 3.40. The fourth-order valence-corrected chi connectivity index (χ4v) is 13.3. The largest absolute Gasteiger partial charge is 0.517 e. The molecular weight excluding hydrogens is 423 g/mol. The van der Waals surface area contributed by atoms with Crippen LogP contribution in [0.15, 0.2) is 0 Å². The van der Waals surface area contributed by atoms with Gasteiger partial charge in [0, 0.05) is 6.61 Å². The lowest BCUT2D eigenvalue weighted by atomic mass is 10.3. The number of rotatable bonds is 15. The summed E-state index contributed by atoms with van der Waals surface area (Å²) in [7, 11) is -5.30. The molecule has 0 spiro atoms. The Morgan fingerprint density at radius 1 is 0.867 bits per heavy atom. The van der Waals surface area contributed by atoms with Crippen molar-refractivity contribution in [3.8, 4) is 0 Å². The lowest BCUT2D eigenvalue weighted by molar-refractivity contribution is -0.136. The summed E-state index contributed by atoms with van der Waals surface area (Å²) in [4.78, 5) is 13.1. The van der Waals surface area contributed by atoms with E-state index in [9.17, 15) is 4.79 Å². The van der Waals surface area contributed by atoms with Crippen LogP contribution in [-0.2, 0) is 13.6 Å². The van der Waals surface area contributed by atoms with Crippen LogP contribution in [0, 0.1) is 0 Å². The molecule has 0 aromatic carbocycles. The van der Waals surface area contributed by atoms with Crippen molar-refractivity contribution in [3.05, 3.63) is 0 Å². The SMILES string of the molecule is CCCO[Si](C)(C)CCCCN(CC(=O)O[Si](C(C)C)(C(C)C)C(C)C)[Si](C)(C)C. The highest BCUT2D eigenvalue weighted by molar-refractivity contribution is 6.79. The molecular formula is C23H53NO3Si3. The molecule has 0 saturated heterocycles. The summed E-state index contributed by atoms with van der Waals surface area (Å²) in [6.45, 7) is 29.6. The Balaban J connectivity index is 5.01. The summed E-state index contributed by atoms with van der Waals surface area (Å²) >= 11 is 0. The normalized spacial score (nSPS) is 13.7. The summed E-state index contributed by atoms with van der Waals surface area (Å²) in [5.74, 6) is 0.00109. The molecule has 0 aromatic rings. The van der Waals surface area contributed by atoms with E-state index in [-0.39, 0.29) is 5.97 Å². The molecule has 4 nitrogen and oxygen atoms in total. The van der Waals surface area contributed by atoms with E-state index in [0.717, 1.165) is 26.0 Å². The van der Waals surface area contributed by atoms with Gasteiger partial charge in [0.15, 0.2) is 8.32 Å². The number of carbonyl (C=O) groups excluding carboxylic acids is 1. The average molecular weight is 476 g/mol. The zero-order valence-electron chi connectivity index (χ0n) is 22.4. The van der Waals surface area contributed by atoms with Crippen molar-refractivity contribution in [1.29, 1.82) is 0 Å². The van der Waals surface area contributed by atoms with Gasteiger partial charge in [-0.3, -0.25) is 4.79 Å². The molecule has 0 bridgehead atoms. The van der Waals surface area contributed by atoms with Gasteiger partial charge >= 0.3 is 5.97 Å². The first-order valence-corrected chi connectivity index (χ1v) is 20.9. The van der Waals surface area contributed by atoms with Crippen molar-refractivity contribution in [2.75, 3.05) is 19.7 Å². The Labute approximate surface area is 191 Å². The van der Waals surface area contributed by atoms with Crippen LogP contribution in [0.3, 0.4) is 0 Å². The molecule has 0 unspecified atom stereocenters. The molecule has 0 aliphatic rings. The van der Waals surface area contributed by atoms with Gasteiger partial charge in [-0.15, -0.1) is 0 Å². The van der Waals surface area contributed by atoms with Gasteiger partial charge in [0.1, 0.15) is 8.24 Å². The minimum absolute atomic E-state index is 0.00109. The van der Waals surface area contributed by atoms with Gasteiger partial charge in [-0.25, -0.2) is 0 Å². The smallest absolute Gasteiger partial charge is 0.306 e. The maximum atomic E-state index is 13.1. The Bertz CT molecular complexity index is 481. The minimum Gasteiger partial charge on any atom is -0.517 e. The van der Waals surface area contributed by atoms with Crippen molar-refractivity contribution >= 4 is 30.8 Å². The topological polar surface area (TPSA) is 38.8 Å². The molecule has 7 heteroatoms. The molecule has 180 valence electrons. The molecule has 0 aliphatic carbocycles. The molecule has 0 rings (SSSR count). The first kappa shape index (κ1) is 30.0. The molecule has 0 atom stereocenters. The van der Waals surface area contributed by atoms with Crippen LogP contribution < -0.4 is 0 Å². The molecule has 0 fully saturated rings. The van der Waals surface area contributed by atoms with Crippen molar-refractivity contribution in [1.82, 2.24) is 4.57 Å².